The van der Waals surface area contributed by atoms with E-state index >= 15 is 0 Å². The molecule has 2 aromatic heterocycles. The molecule has 22 heavy (non-hydrogen) atoms. The third-order valence-corrected chi connectivity index (χ3v) is 3.03. The van der Waals surface area contributed by atoms with E-state index in [0.717, 1.165) is 6.20 Å². The molecule has 9 nitrogen and oxygen atoms in total. The van der Waals surface area contributed by atoms with Crippen LogP contribution < -0.4 is 16.6 Å². The molecular formula is C13H14N4O5. The van der Waals surface area contributed by atoms with Crippen molar-refractivity contribution in [2.24, 2.45) is 0 Å². The molecule has 2 heterocycles. The molecule has 2 aromatic rings. The van der Waals surface area contributed by atoms with Gasteiger partial charge in [0.15, 0.2) is 0 Å². The number of hydrogen-bond acceptors (Lipinski definition) is 5. The molecular weight excluding hydrogens is 292 g/mol. The number of aliphatic carboxylic acids is 1. The number of hydrogen-bond donors (Lipinski definition) is 4. The minimum Gasteiger partial charge on any atom is -0.480 e. The molecule has 0 spiro atoms. The highest BCUT2D eigenvalue weighted by Crippen LogP contribution is 2.06. The monoisotopic (exact) mass is 306 g/mol. The van der Waals surface area contributed by atoms with Gasteiger partial charge in [0.25, 0.3) is 11.5 Å². The van der Waals surface area contributed by atoms with Gasteiger partial charge in [0.05, 0.1) is 10.9 Å². The Labute approximate surface area is 123 Å². The lowest BCUT2D eigenvalue weighted by Gasteiger charge is -2.13. The maximum Gasteiger partial charge on any atom is 0.327 e. The van der Waals surface area contributed by atoms with Crippen molar-refractivity contribution in [2.75, 3.05) is 0 Å². The molecule has 1 atom stereocenters. The van der Waals surface area contributed by atoms with Crippen LogP contribution >= 0.6 is 0 Å². The Kier molecular flexibility index (Phi) is 4.35. The molecule has 1 amide bonds. The topological polar surface area (TPSA) is 145 Å². The number of H-pyrrole nitrogens is 2. The number of carbonyl (C=O) groups excluding carboxylic acids is 1. The molecule has 0 bridgehead atoms. The molecule has 4 N–H and O–H groups in total. The summed E-state index contributed by atoms with van der Waals surface area (Å²) in [6.07, 6.45) is 2.04. The van der Waals surface area contributed by atoms with Gasteiger partial charge in [0.1, 0.15) is 11.7 Å². The fourth-order valence-corrected chi connectivity index (χ4v) is 1.96. The van der Waals surface area contributed by atoms with Crippen molar-refractivity contribution in [1.29, 1.82) is 0 Å². The van der Waals surface area contributed by atoms with Crippen molar-refractivity contribution in [3.05, 3.63) is 38.7 Å². The number of aromatic amines is 2. The van der Waals surface area contributed by atoms with Crippen LogP contribution in [-0.4, -0.2) is 38.0 Å². The smallest absolute Gasteiger partial charge is 0.327 e. The lowest BCUT2D eigenvalue weighted by atomic mass is 10.1. The van der Waals surface area contributed by atoms with Gasteiger partial charge in [-0.3, -0.25) is 19.6 Å². The van der Waals surface area contributed by atoms with E-state index < -0.39 is 29.2 Å². The highest BCUT2D eigenvalue weighted by molar-refractivity contribution is 5.98. The van der Waals surface area contributed by atoms with Gasteiger partial charge < -0.3 is 10.4 Å². The third-order valence-electron chi connectivity index (χ3n) is 3.03. The van der Waals surface area contributed by atoms with Crippen LogP contribution in [0.4, 0.5) is 0 Å². The van der Waals surface area contributed by atoms with Gasteiger partial charge in [-0.25, -0.2) is 14.6 Å². The minimum absolute atomic E-state index is 0.0346. The van der Waals surface area contributed by atoms with E-state index in [0.29, 0.717) is 6.42 Å². The van der Waals surface area contributed by atoms with E-state index in [1.54, 1.807) is 6.92 Å². The van der Waals surface area contributed by atoms with E-state index in [1.807, 2.05) is 4.98 Å². The molecule has 116 valence electrons. The first kappa shape index (κ1) is 15.4. The average Bonchev–Trinajstić information content (AvgIpc) is 2.46. The number of carbonyl (C=O) groups is 2. The maximum absolute atomic E-state index is 12.1. The Morgan fingerprint density at radius 2 is 2.09 bits per heavy atom. The van der Waals surface area contributed by atoms with E-state index in [2.05, 4.69) is 15.3 Å². The fraction of sp³-hybridized carbons (Fsp3) is 0.308. The molecule has 0 aliphatic heterocycles. The number of carboxylic acid groups (broad SMARTS) is 1. The molecule has 0 fully saturated rings. The summed E-state index contributed by atoms with van der Waals surface area (Å²) in [5, 5.41) is 11.4. The van der Waals surface area contributed by atoms with Crippen LogP contribution in [-0.2, 0) is 4.79 Å². The number of carboxylic acids is 1. The van der Waals surface area contributed by atoms with Crippen molar-refractivity contribution in [1.82, 2.24) is 20.3 Å². The molecule has 1 unspecified atom stereocenters. The summed E-state index contributed by atoms with van der Waals surface area (Å²) in [5.74, 6) is -1.79. The molecule has 9 heteroatoms. The van der Waals surface area contributed by atoms with E-state index in [4.69, 9.17) is 5.11 Å². The lowest BCUT2D eigenvalue weighted by Crippen LogP contribution is -2.40. The van der Waals surface area contributed by atoms with Crippen molar-refractivity contribution < 1.29 is 14.7 Å². The van der Waals surface area contributed by atoms with E-state index in [-0.39, 0.29) is 23.0 Å². The summed E-state index contributed by atoms with van der Waals surface area (Å²) in [5.41, 5.74) is -1.29. The van der Waals surface area contributed by atoms with Gasteiger partial charge in [0.2, 0.25) is 0 Å². The number of nitrogens with one attached hydrogen (secondary N) is 3. The third kappa shape index (κ3) is 3.19. The van der Waals surface area contributed by atoms with Gasteiger partial charge in [-0.1, -0.05) is 13.3 Å². The Bertz CT molecular complexity index is 838. The largest absolute Gasteiger partial charge is 0.480 e. The summed E-state index contributed by atoms with van der Waals surface area (Å²) in [4.78, 5) is 54.1. The van der Waals surface area contributed by atoms with Crippen molar-refractivity contribution >= 4 is 22.9 Å². The van der Waals surface area contributed by atoms with Crippen LogP contribution in [0.5, 0.6) is 0 Å². The Morgan fingerprint density at radius 3 is 2.73 bits per heavy atom. The van der Waals surface area contributed by atoms with Crippen LogP contribution in [0, 0.1) is 0 Å². The highest BCUT2D eigenvalue weighted by atomic mass is 16.4. The zero-order chi connectivity index (χ0) is 16.3. The van der Waals surface area contributed by atoms with Crippen molar-refractivity contribution in [3.8, 4) is 0 Å². The van der Waals surface area contributed by atoms with Gasteiger partial charge in [-0.2, -0.15) is 0 Å². The Morgan fingerprint density at radius 1 is 1.36 bits per heavy atom. The number of nitrogens with zero attached hydrogens (tertiary/aromatic N) is 1. The molecule has 0 aliphatic rings. The number of amides is 1. The average molecular weight is 306 g/mol. The van der Waals surface area contributed by atoms with Crippen LogP contribution in [0.1, 0.15) is 30.1 Å². The van der Waals surface area contributed by atoms with Crippen molar-refractivity contribution in [3.63, 3.8) is 0 Å². The fourth-order valence-electron chi connectivity index (χ4n) is 1.96. The number of aromatic nitrogens is 3. The number of pyridine rings is 1. The lowest BCUT2D eigenvalue weighted by molar-refractivity contribution is -0.139. The second-order valence-electron chi connectivity index (χ2n) is 4.68. The molecule has 0 radical (unpaired) electrons. The summed E-state index contributed by atoms with van der Waals surface area (Å²) in [6.45, 7) is 1.80. The van der Waals surface area contributed by atoms with Crippen LogP contribution in [0.15, 0.2) is 21.9 Å². The summed E-state index contributed by atoms with van der Waals surface area (Å²) in [7, 11) is 0. The number of fused-ring (bicyclic) bond motifs is 1. The molecule has 0 saturated carbocycles. The normalized spacial score (nSPS) is 12.0. The molecule has 0 saturated heterocycles. The zero-order valence-corrected chi connectivity index (χ0v) is 11.7. The highest BCUT2D eigenvalue weighted by Gasteiger charge is 2.20. The molecule has 0 aliphatic carbocycles. The first-order chi connectivity index (χ1) is 10.4. The molecule has 2 rings (SSSR count). The second kappa shape index (κ2) is 6.20. The predicted molar refractivity (Wildman–Crippen MR) is 76.8 cm³/mol. The summed E-state index contributed by atoms with van der Waals surface area (Å²) < 4.78 is 0. The number of rotatable bonds is 5. The van der Waals surface area contributed by atoms with Crippen LogP contribution in [0.3, 0.4) is 0 Å². The maximum atomic E-state index is 12.1. The van der Waals surface area contributed by atoms with Gasteiger partial charge in [0, 0.05) is 6.20 Å². The van der Waals surface area contributed by atoms with Gasteiger partial charge >= 0.3 is 11.7 Å². The summed E-state index contributed by atoms with van der Waals surface area (Å²) >= 11 is 0. The zero-order valence-electron chi connectivity index (χ0n) is 11.7. The van der Waals surface area contributed by atoms with Crippen LogP contribution in [0.2, 0.25) is 0 Å². The minimum atomic E-state index is -1.13. The quantitative estimate of drug-likeness (QED) is 0.591. The first-order valence-corrected chi connectivity index (χ1v) is 6.58. The summed E-state index contributed by atoms with van der Waals surface area (Å²) in [6, 6.07) is 0.235. The molecule has 0 aromatic carbocycles. The Balaban J connectivity index is 2.34. The van der Waals surface area contributed by atoms with Gasteiger partial charge in [-0.15, -0.1) is 0 Å². The van der Waals surface area contributed by atoms with Crippen molar-refractivity contribution in [2.45, 2.75) is 25.8 Å². The SMILES string of the molecule is CCCC(NC(=O)c1cnc2[nH]c(=O)[nH]c(=O)c2c1)C(=O)O. The van der Waals surface area contributed by atoms with Crippen LogP contribution in [0.25, 0.3) is 11.0 Å². The van der Waals surface area contributed by atoms with Gasteiger partial charge in [-0.05, 0) is 12.5 Å². The Hall–Kier alpha value is -2.97. The standard InChI is InChI=1S/C13H14N4O5/c1-2-3-8(12(20)21)15-10(18)6-4-7-9(14-5-6)16-13(22)17-11(7)19/h4-5,8H,2-3H2,1H3,(H,15,18)(H,20,21)(H2,14,16,17,19,22). The first-order valence-electron chi connectivity index (χ1n) is 6.58. The predicted octanol–water partition coefficient (Wildman–Crippen LogP) is -0.405. The van der Waals surface area contributed by atoms with E-state index in [1.165, 1.54) is 6.07 Å². The van der Waals surface area contributed by atoms with E-state index in [9.17, 15) is 19.2 Å². The second-order valence-corrected chi connectivity index (χ2v) is 4.68.